The fourth-order valence-corrected chi connectivity index (χ4v) is 5.00. The van der Waals surface area contributed by atoms with E-state index in [2.05, 4.69) is 23.3 Å². The minimum Gasteiger partial charge on any atom is -0.368 e. The van der Waals surface area contributed by atoms with Gasteiger partial charge in [-0.25, -0.2) is 4.79 Å². The number of carbonyl (C=O) groups is 2. The lowest BCUT2D eigenvalue weighted by atomic mass is 9.94. The van der Waals surface area contributed by atoms with Crippen molar-refractivity contribution in [1.82, 2.24) is 14.7 Å². The lowest BCUT2D eigenvalue weighted by Gasteiger charge is -2.36. The Balaban J connectivity index is 1.30. The Hall–Kier alpha value is -2.12. The molecule has 1 N–H and O–H groups in total. The molecule has 3 fully saturated rings. The molecule has 1 aromatic rings. The van der Waals surface area contributed by atoms with E-state index < -0.39 is 0 Å². The van der Waals surface area contributed by atoms with Crippen LogP contribution in [0.1, 0.15) is 50.5 Å². The van der Waals surface area contributed by atoms with Gasteiger partial charge < -0.3 is 19.9 Å². The molecule has 1 aliphatic carbocycles. The summed E-state index contributed by atoms with van der Waals surface area (Å²) in [6, 6.07) is 8.64. The highest BCUT2D eigenvalue weighted by Gasteiger charge is 2.31. The van der Waals surface area contributed by atoms with Gasteiger partial charge in [-0.1, -0.05) is 37.5 Å². The molecule has 0 spiro atoms. The smallest absolute Gasteiger partial charge is 0.321 e. The summed E-state index contributed by atoms with van der Waals surface area (Å²) in [5.41, 5.74) is 2.03. The monoisotopic (exact) mass is 428 g/mol. The van der Waals surface area contributed by atoms with Gasteiger partial charge in [0.05, 0.1) is 0 Å². The van der Waals surface area contributed by atoms with Crippen LogP contribution in [-0.2, 0) is 16.1 Å². The van der Waals surface area contributed by atoms with Crippen molar-refractivity contribution in [3.8, 4) is 0 Å². The standard InChI is InChI=1S/C24H36N4O3/c1-26(20-9-3-2-4-10-20)18-19-8-5-6-11-21(19)25-24(30)28-15-13-27(14-16-28)23(29)22-12-7-17-31-22/h5-6,8,11,20,22H,2-4,7,9-10,12-18H2,1H3,(H,25,30)/t22-/m1/s1. The molecular formula is C24H36N4O3. The van der Waals surface area contributed by atoms with Gasteiger partial charge in [-0.3, -0.25) is 9.69 Å². The minimum atomic E-state index is -0.284. The van der Waals surface area contributed by atoms with Gasteiger partial charge in [-0.05, 0) is 44.4 Å². The Morgan fingerprint density at radius 3 is 2.42 bits per heavy atom. The lowest BCUT2D eigenvalue weighted by molar-refractivity contribution is -0.142. The van der Waals surface area contributed by atoms with Crippen molar-refractivity contribution < 1.29 is 14.3 Å². The van der Waals surface area contributed by atoms with Crippen molar-refractivity contribution in [2.45, 2.75) is 63.6 Å². The largest absolute Gasteiger partial charge is 0.368 e. The molecule has 170 valence electrons. The predicted molar refractivity (Wildman–Crippen MR) is 121 cm³/mol. The Morgan fingerprint density at radius 1 is 1.00 bits per heavy atom. The van der Waals surface area contributed by atoms with Crippen molar-refractivity contribution in [2.24, 2.45) is 0 Å². The summed E-state index contributed by atoms with van der Waals surface area (Å²) in [5, 5.41) is 3.12. The number of piperazine rings is 1. The third-order valence-electron chi connectivity index (χ3n) is 6.96. The molecule has 0 bridgehead atoms. The molecule has 2 aliphatic heterocycles. The van der Waals surface area contributed by atoms with E-state index >= 15 is 0 Å². The number of hydrogen-bond acceptors (Lipinski definition) is 4. The summed E-state index contributed by atoms with van der Waals surface area (Å²) in [4.78, 5) is 31.5. The topological polar surface area (TPSA) is 65.1 Å². The molecule has 3 amide bonds. The Morgan fingerprint density at radius 2 is 1.71 bits per heavy atom. The van der Waals surface area contributed by atoms with E-state index in [1.165, 1.54) is 32.1 Å². The summed E-state index contributed by atoms with van der Waals surface area (Å²) in [5.74, 6) is 0.0775. The van der Waals surface area contributed by atoms with Crippen LogP contribution in [0, 0.1) is 0 Å². The zero-order valence-corrected chi connectivity index (χ0v) is 18.7. The fourth-order valence-electron chi connectivity index (χ4n) is 5.00. The van der Waals surface area contributed by atoms with Crippen LogP contribution in [0.4, 0.5) is 10.5 Å². The van der Waals surface area contributed by atoms with Gasteiger partial charge in [-0.15, -0.1) is 0 Å². The highest BCUT2D eigenvalue weighted by atomic mass is 16.5. The fraction of sp³-hybridized carbons (Fsp3) is 0.667. The van der Waals surface area contributed by atoms with E-state index in [0.29, 0.717) is 38.8 Å². The number of urea groups is 1. The molecule has 7 nitrogen and oxygen atoms in total. The molecule has 0 unspecified atom stereocenters. The number of anilines is 1. The van der Waals surface area contributed by atoms with E-state index in [-0.39, 0.29) is 18.0 Å². The number of carbonyl (C=O) groups excluding carboxylic acids is 2. The first-order chi connectivity index (χ1) is 15.1. The molecule has 2 saturated heterocycles. The summed E-state index contributed by atoms with van der Waals surface area (Å²) in [6.45, 7) is 3.75. The van der Waals surface area contributed by atoms with Crippen molar-refractivity contribution in [2.75, 3.05) is 45.2 Å². The molecule has 0 radical (unpaired) electrons. The van der Waals surface area contributed by atoms with Gasteiger partial charge in [0, 0.05) is 51.1 Å². The van der Waals surface area contributed by atoms with E-state index in [4.69, 9.17) is 4.74 Å². The van der Waals surface area contributed by atoms with E-state index in [1.54, 1.807) is 4.90 Å². The van der Waals surface area contributed by atoms with Crippen molar-refractivity contribution in [3.63, 3.8) is 0 Å². The first-order valence-electron chi connectivity index (χ1n) is 11.9. The maximum Gasteiger partial charge on any atom is 0.321 e. The van der Waals surface area contributed by atoms with Gasteiger partial charge in [0.25, 0.3) is 5.91 Å². The zero-order valence-electron chi connectivity index (χ0n) is 18.7. The van der Waals surface area contributed by atoms with Crippen LogP contribution in [0.15, 0.2) is 24.3 Å². The first-order valence-corrected chi connectivity index (χ1v) is 11.9. The lowest BCUT2D eigenvalue weighted by Crippen LogP contribution is -2.53. The van der Waals surface area contributed by atoms with Crippen molar-refractivity contribution in [3.05, 3.63) is 29.8 Å². The van der Waals surface area contributed by atoms with Crippen LogP contribution in [0.2, 0.25) is 0 Å². The zero-order chi connectivity index (χ0) is 21.6. The highest BCUT2D eigenvalue weighted by Crippen LogP contribution is 2.25. The van der Waals surface area contributed by atoms with Gasteiger partial charge in [0.15, 0.2) is 0 Å². The van der Waals surface area contributed by atoms with Crippen molar-refractivity contribution >= 4 is 17.6 Å². The van der Waals surface area contributed by atoms with Crippen LogP contribution in [-0.4, -0.2) is 78.6 Å². The normalized spacial score (nSPS) is 22.7. The maximum absolute atomic E-state index is 12.9. The molecule has 4 rings (SSSR count). The molecule has 7 heteroatoms. The van der Waals surface area contributed by atoms with E-state index in [1.807, 2.05) is 23.1 Å². The second kappa shape index (κ2) is 10.5. The number of hydrogen-bond donors (Lipinski definition) is 1. The molecular weight excluding hydrogens is 392 g/mol. The Bertz CT molecular complexity index is 751. The number of ether oxygens (including phenoxy) is 1. The number of benzene rings is 1. The van der Waals surface area contributed by atoms with E-state index in [0.717, 1.165) is 30.6 Å². The Kier molecular flexibility index (Phi) is 7.45. The van der Waals surface area contributed by atoms with E-state index in [9.17, 15) is 9.59 Å². The quantitative estimate of drug-likeness (QED) is 0.782. The number of amides is 3. The molecule has 0 aromatic heterocycles. The van der Waals surface area contributed by atoms with Gasteiger partial charge in [0.1, 0.15) is 6.10 Å². The second-order valence-corrected chi connectivity index (χ2v) is 9.11. The summed E-state index contributed by atoms with van der Waals surface area (Å²) < 4.78 is 5.52. The number of para-hydroxylation sites is 1. The predicted octanol–water partition coefficient (Wildman–Crippen LogP) is 3.31. The van der Waals surface area contributed by atoms with Gasteiger partial charge in [-0.2, -0.15) is 0 Å². The third kappa shape index (κ3) is 5.57. The average Bonchev–Trinajstić information content (AvgIpc) is 3.35. The molecule has 1 saturated carbocycles. The molecule has 2 heterocycles. The molecule has 3 aliphatic rings. The summed E-state index contributed by atoms with van der Waals surface area (Å²) in [6.07, 6.45) is 7.99. The maximum atomic E-state index is 12.9. The average molecular weight is 429 g/mol. The first kappa shape index (κ1) is 22.1. The number of nitrogens with one attached hydrogen (secondary N) is 1. The molecule has 1 atom stereocenters. The number of nitrogens with zero attached hydrogens (tertiary/aromatic N) is 3. The van der Waals surface area contributed by atoms with Gasteiger partial charge >= 0.3 is 6.03 Å². The van der Waals surface area contributed by atoms with Crippen molar-refractivity contribution in [1.29, 1.82) is 0 Å². The highest BCUT2D eigenvalue weighted by molar-refractivity contribution is 5.90. The minimum absolute atomic E-state index is 0.0775. The Labute approximate surface area is 185 Å². The van der Waals surface area contributed by atoms with Gasteiger partial charge in [0.2, 0.25) is 0 Å². The second-order valence-electron chi connectivity index (χ2n) is 9.11. The molecule has 31 heavy (non-hydrogen) atoms. The van der Waals surface area contributed by atoms with Crippen LogP contribution in [0.3, 0.4) is 0 Å². The van der Waals surface area contributed by atoms with Crippen LogP contribution >= 0.6 is 0 Å². The third-order valence-corrected chi connectivity index (χ3v) is 6.96. The van der Waals surface area contributed by atoms with Crippen LogP contribution < -0.4 is 5.32 Å². The summed E-state index contributed by atoms with van der Waals surface area (Å²) >= 11 is 0. The SMILES string of the molecule is CN(Cc1ccccc1NC(=O)N1CCN(C(=O)[C@H]2CCCO2)CC1)C1CCCCC1. The molecule has 1 aromatic carbocycles. The number of rotatable bonds is 5. The summed E-state index contributed by atoms with van der Waals surface area (Å²) in [7, 11) is 2.19. The van der Waals surface area contributed by atoms with Crippen LogP contribution in [0.5, 0.6) is 0 Å². The van der Waals surface area contributed by atoms with Crippen LogP contribution in [0.25, 0.3) is 0 Å².